The fourth-order valence-electron chi connectivity index (χ4n) is 4.96. The lowest BCUT2D eigenvalue weighted by Crippen LogP contribution is -2.53. The second kappa shape index (κ2) is 8.72. The van der Waals surface area contributed by atoms with Crippen LogP contribution in [0.2, 0.25) is 0 Å². The molecular formula is C24H32N4O2. The maximum Gasteiger partial charge on any atom is 0.229 e. The zero-order valence-corrected chi connectivity index (χ0v) is 18.4. The molecule has 0 radical (unpaired) electrons. The van der Waals surface area contributed by atoms with Crippen LogP contribution in [0.1, 0.15) is 48.2 Å². The van der Waals surface area contributed by atoms with Crippen molar-refractivity contribution < 1.29 is 9.53 Å². The van der Waals surface area contributed by atoms with Crippen LogP contribution >= 0.6 is 0 Å². The molecule has 0 N–H and O–H groups in total. The minimum Gasteiger partial charge on any atom is -0.380 e. The fourth-order valence-corrected chi connectivity index (χ4v) is 4.96. The number of amides is 1. The number of aromatic nitrogens is 2. The average Bonchev–Trinajstić information content (AvgIpc) is 2.73. The number of hydrogen-bond acceptors (Lipinski definition) is 5. The number of hydrogen-bond donors (Lipinski definition) is 0. The van der Waals surface area contributed by atoms with E-state index in [-0.39, 0.29) is 5.41 Å². The number of anilines is 1. The molecule has 1 amide bonds. The monoisotopic (exact) mass is 408 g/mol. The summed E-state index contributed by atoms with van der Waals surface area (Å²) in [6, 6.07) is 10.3. The lowest BCUT2D eigenvalue weighted by molar-refractivity contribution is -0.148. The lowest BCUT2D eigenvalue weighted by atomic mass is 9.71. The molecular weight excluding hydrogens is 376 g/mol. The topological polar surface area (TPSA) is 58.6 Å². The Balaban J connectivity index is 1.46. The van der Waals surface area contributed by atoms with Crippen LogP contribution in [0, 0.1) is 19.3 Å². The summed E-state index contributed by atoms with van der Waals surface area (Å²) < 4.78 is 5.34. The fraction of sp³-hybridized carbons (Fsp3) is 0.542. The van der Waals surface area contributed by atoms with Gasteiger partial charge in [-0.15, -0.1) is 0 Å². The number of carbonyl (C=O) groups is 1. The van der Waals surface area contributed by atoms with Crippen molar-refractivity contribution in [1.82, 2.24) is 14.9 Å². The first-order valence-electron chi connectivity index (χ1n) is 10.9. The number of benzene rings is 1. The molecule has 1 aromatic heterocycles. The van der Waals surface area contributed by atoms with E-state index >= 15 is 0 Å². The third-order valence-electron chi connectivity index (χ3n) is 6.58. The Morgan fingerprint density at radius 3 is 2.33 bits per heavy atom. The molecule has 3 heterocycles. The second-order valence-electron chi connectivity index (χ2n) is 8.75. The summed E-state index contributed by atoms with van der Waals surface area (Å²) >= 11 is 0. The Bertz CT molecular complexity index is 886. The molecule has 0 unspecified atom stereocenters. The molecule has 6 nitrogen and oxygen atoms in total. The van der Waals surface area contributed by atoms with E-state index < -0.39 is 0 Å². The van der Waals surface area contributed by atoms with Gasteiger partial charge in [0, 0.05) is 44.7 Å². The van der Waals surface area contributed by atoms with Crippen molar-refractivity contribution in [2.75, 3.05) is 31.6 Å². The highest BCUT2D eigenvalue weighted by Gasteiger charge is 2.46. The minimum absolute atomic E-state index is 0.232. The minimum atomic E-state index is -0.232. The first kappa shape index (κ1) is 20.8. The van der Waals surface area contributed by atoms with Gasteiger partial charge in [0.25, 0.3) is 0 Å². The zero-order valence-electron chi connectivity index (χ0n) is 18.4. The summed E-state index contributed by atoms with van der Waals surface area (Å²) in [7, 11) is 1.71. The number of rotatable bonds is 5. The van der Waals surface area contributed by atoms with Gasteiger partial charge >= 0.3 is 0 Å². The summed E-state index contributed by atoms with van der Waals surface area (Å²) in [5.41, 5.74) is 4.10. The summed E-state index contributed by atoms with van der Waals surface area (Å²) in [6.45, 7) is 7.77. The zero-order chi connectivity index (χ0) is 21.1. The summed E-state index contributed by atoms with van der Waals surface area (Å²) in [4.78, 5) is 27.1. The maximum absolute atomic E-state index is 13.6. The number of methoxy groups -OCH3 is 1. The molecule has 0 aliphatic carbocycles. The van der Waals surface area contributed by atoms with Crippen molar-refractivity contribution in [3.05, 3.63) is 52.8 Å². The third-order valence-corrected chi connectivity index (χ3v) is 6.58. The highest BCUT2D eigenvalue weighted by Crippen LogP contribution is 2.42. The van der Waals surface area contributed by atoms with Crippen molar-refractivity contribution in [3.8, 4) is 0 Å². The van der Waals surface area contributed by atoms with E-state index in [1.165, 1.54) is 5.56 Å². The Morgan fingerprint density at radius 2 is 1.67 bits per heavy atom. The van der Waals surface area contributed by atoms with E-state index in [0.29, 0.717) is 19.1 Å². The Morgan fingerprint density at radius 1 is 1.00 bits per heavy atom. The summed E-state index contributed by atoms with van der Waals surface area (Å²) in [5.74, 6) is 1.12. The van der Waals surface area contributed by atoms with Crippen LogP contribution in [0.4, 0.5) is 5.95 Å². The highest BCUT2D eigenvalue weighted by molar-refractivity contribution is 5.84. The van der Waals surface area contributed by atoms with E-state index in [1.807, 2.05) is 32.0 Å². The van der Waals surface area contributed by atoms with Gasteiger partial charge in [-0.1, -0.05) is 24.3 Å². The van der Waals surface area contributed by atoms with Crippen molar-refractivity contribution in [2.45, 2.75) is 52.7 Å². The Kier molecular flexibility index (Phi) is 6.04. The smallest absolute Gasteiger partial charge is 0.229 e. The summed E-state index contributed by atoms with van der Waals surface area (Å²) in [5, 5.41) is 0. The number of aryl methyl sites for hydroxylation is 2. The van der Waals surface area contributed by atoms with Crippen LogP contribution < -0.4 is 4.90 Å². The van der Waals surface area contributed by atoms with Crippen molar-refractivity contribution in [1.29, 1.82) is 0 Å². The number of piperidine rings is 2. The number of ether oxygens (including phenoxy) is 1. The maximum atomic E-state index is 13.6. The molecule has 2 fully saturated rings. The van der Waals surface area contributed by atoms with Gasteiger partial charge in [0.1, 0.15) is 0 Å². The van der Waals surface area contributed by atoms with Gasteiger partial charge in [0.15, 0.2) is 0 Å². The SMILES string of the molecule is COCc1ccccc1CN1CCCC2(CCN(c3nc(C)cc(C)n3)CC2)C1=O. The van der Waals surface area contributed by atoms with Crippen LogP contribution in [0.5, 0.6) is 0 Å². The predicted octanol–water partition coefficient (Wildman–Crippen LogP) is 3.65. The normalized spacial score (nSPS) is 18.8. The molecule has 1 aromatic carbocycles. The predicted molar refractivity (Wildman–Crippen MR) is 117 cm³/mol. The standard InChI is InChI=1S/C24H32N4O2/c1-18-15-19(2)26-23(25-18)27-13-10-24(11-14-27)9-6-12-28(22(24)29)16-20-7-4-5-8-21(20)17-30-3/h4-5,7-8,15H,6,9-14,16-17H2,1-3H3. The van der Waals surface area contributed by atoms with Gasteiger partial charge in [0.05, 0.1) is 12.0 Å². The van der Waals surface area contributed by atoms with Crippen LogP contribution in [0.25, 0.3) is 0 Å². The van der Waals surface area contributed by atoms with Crippen LogP contribution in [-0.2, 0) is 22.7 Å². The molecule has 6 heteroatoms. The molecule has 2 saturated heterocycles. The van der Waals surface area contributed by atoms with Crippen molar-refractivity contribution >= 4 is 11.9 Å². The molecule has 2 aromatic rings. The molecule has 0 bridgehead atoms. The van der Waals surface area contributed by atoms with Crippen LogP contribution in [0.15, 0.2) is 30.3 Å². The molecule has 4 rings (SSSR count). The molecule has 2 aliphatic rings. The number of nitrogens with zero attached hydrogens (tertiary/aromatic N) is 4. The van der Waals surface area contributed by atoms with E-state index in [1.54, 1.807) is 7.11 Å². The van der Waals surface area contributed by atoms with E-state index in [0.717, 1.165) is 68.2 Å². The van der Waals surface area contributed by atoms with E-state index in [4.69, 9.17) is 4.74 Å². The number of likely N-dealkylation sites (tertiary alicyclic amines) is 1. The van der Waals surface area contributed by atoms with Gasteiger partial charge in [-0.2, -0.15) is 0 Å². The first-order valence-corrected chi connectivity index (χ1v) is 10.9. The molecule has 0 atom stereocenters. The molecule has 0 saturated carbocycles. The molecule has 2 aliphatic heterocycles. The van der Waals surface area contributed by atoms with E-state index in [2.05, 4.69) is 31.9 Å². The Hall–Kier alpha value is -2.47. The second-order valence-corrected chi connectivity index (χ2v) is 8.75. The molecule has 160 valence electrons. The van der Waals surface area contributed by atoms with Gasteiger partial charge in [0.2, 0.25) is 11.9 Å². The van der Waals surface area contributed by atoms with Crippen molar-refractivity contribution in [2.24, 2.45) is 5.41 Å². The summed E-state index contributed by atoms with van der Waals surface area (Å²) in [6.07, 6.45) is 3.80. The van der Waals surface area contributed by atoms with E-state index in [9.17, 15) is 4.79 Å². The Labute approximate surface area is 179 Å². The largest absolute Gasteiger partial charge is 0.380 e. The van der Waals surface area contributed by atoms with Gasteiger partial charge in [-0.25, -0.2) is 9.97 Å². The van der Waals surface area contributed by atoms with Gasteiger partial charge in [-0.3, -0.25) is 4.79 Å². The first-order chi connectivity index (χ1) is 14.5. The van der Waals surface area contributed by atoms with Gasteiger partial charge < -0.3 is 14.5 Å². The highest BCUT2D eigenvalue weighted by atomic mass is 16.5. The average molecular weight is 409 g/mol. The third kappa shape index (κ3) is 4.19. The van der Waals surface area contributed by atoms with Crippen molar-refractivity contribution in [3.63, 3.8) is 0 Å². The number of carbonyl (C=O) groups excluding carboxylic acids is 1. The quantitative estimate of drug-likeness (QED) is 0.756. The van der Waals surface area contributed by atoms with Gasteiger partial charge in [-0.05, 0) is 56.7 Å². The molecule has 30 heavy (non-hydrogen) atoms. The van der Waals surface area contributed by atoms with Crippen LogP contribution in [0.3, 0.4) is 0 Å². The molecule has 1 spiro atoms. The lowest BCUT2D eigenvalue weighted by Gasteiger charge is -2.46. The van der Waals surface area contributed by atoms with Crippen LogP contribution in [-0.4, -0.2) is 47.5 Å².